The van der Waals surface area contributed by atoms with E-state index in [1.165, 1.54) is 18.9 Å². The number of methoxy groups -OCH3 is 2. The minimum Gasteiger partial charge on any atom is -0.506 e. The first kappa shape index (κ1) is 15.8. The third kappa shape index (κ3) is 3.20. The van der Waals surface area contributed by atoms with Crippen molar-refractivity contribution in [3.05, 3.63) is 40.3 Å². The van der Waals surface area contributed by atoms with Crippen molar-refractivity contribution in [2.45, 2.75) is 13.5 Å². The average molecular weight is 305 g/mol. The molecule has 1 aromatic heterocycles. The number of nitrogens with one attached hydrogen (secondary N) is 1. The molecule has 0 fully saturated rings. The Labute approximate surface area is 128 Å². The lowest BCUT2D eigenvalue weighted by Gasteiger charge is -2.13. The predicted octanol–water partition coefficient (Wildman–Crippen LogP) is 1.06. The molecule has 1 heterocycles. The van der Waals surface area contributed by atoms with Gasteiger partial charge in [-0.15, -0.1) is 0 Å². The van der Waals surface area contributed by atoms with E-state index in [0.717, 1.165) is 12.6 Å². The number of hydrogen-bond acceptors (Lipinski definition) is 6. The van der Waals surface area contributed by atoms with Crippen molar-refractivity contribution in [1.82, 2.24) is 15.1 Å². The molecule has 2 N–H and O–H groups in total. The van der Waals surface area contributed by atoms with E-state index in [1.54, 1.807) is 18.2 Å². The van der Waals surface area contributed by atoms with E-state index in [4.69, 9.17) is 9.47 Å². The van der Waals surface area contributed by atoms with Crippen molar-refractivity contribution >= 4 is 0 Å². The summed E-state index contributed by atoms with van der Waals surface area (Å²) in [6.45, 7) is 3.02. The summed E-state index contributed by atoms with van der Waals surface area (Å²) in [6, 6.07) is 6.21. The summed E-state index contributed by atoms with van der Waals surface area (Å²) in [5.74, 6) is 0.922. The lowest BCUT2D eigenvalue weighted by atomic mass is 10.2. The van der Waals surface area contributed by atoms with Gasteiger partial charge >= 0.3 is 0 Å². The second kappa shape index (κ2) is 6.95. The van der Waals surface area contributed by atoms with Gasteiger partial charge in [-0.1, -0.05) is 6.92 Å². The van der Waals surface area contributed by atoms with Crippen molar-refractivity contribution in [3.8, 4) is 22.9 Å². The van der Waals surface area contributed by atoms with Gasteiger partial charge in [-0.2, -0.15) is 9.78 Å². The highest BCUT2D eigenvalue weighted by Gasteiger charge is 2.13. The standard InChI is InChI=1S/C15H19N3O4/c1-4-16-9-11-13(19)8-15(20)18(17-11)12-7-10(21-2)5-6-14(12)22-3/h5-8,16,19H,4,9H2,1-3H3. The lowest BCUT2D eigenvalue weighted by Crippen LogP contribution is -2.24. The smallest absolute Gasteiger partial charge is 0.275 e. The summed E-state index contributed by atoms with van der Waals surface area (Å²) < 4.78 is 11.6. The molecule has 0 unspecified atom stereocenters. The number of rotatable bonds is 6. The third-order valence-electron chi connectivity index (χ3n) is 3.14. The fraction of sp³-hybridized carbons (Fsp3) is 0.333. The molecule has 0 atom stereocenters. The van der Waals surface area contributed by atoms with Gasteiger partial charge in [0.2, 0.25) is 0 Å². The van der Waals surface area contributed by atoms with E-state index in [9.17, 15) is 9.90 Å². The molecule has 2 rings (SSSR count). The summed E-state index contributed by atoms with van der Waals surface area (Å²) in [5.41, 5.74) is 0.375. The second-order valence-electron chi connectivity index (χ2n) is 4.54. The first-order valence-electron chi connectivity index (χ1n) is 6.86. The Hall–Kier alpha value is -2.54. The Morgan fingerprint density at radius 3 is 2.68 bits per heavy atom. The van der Waals surface area contributed by atoms with Crippen molar-refractivity contribution in [3.63, 3.8) is 0 Å². The summed E-state index contributed by atoms with van der Waals surface area (Å²) in [5, 5.41) is 17.1. The van der Waals surface area contributed by atoms with Crippen LogP contribution in [0.5, 0.6) is 17.2 Å². The van der Waals surface area contributed by atoms with Crippen molar-refractivity contribution in [2.75, 3.05) is 20.8 Å². The number of ether oxygens (including phenoxy) is 2. The van der Waals surface area contributed by atoms with Crippen LogP contribution in [0.25, 0.3) is 5.69 Å². The molecule has 0 bridgehead atoms. The second-order valence-corrected chi connectivity index (χ2v) is 4.54. The van der Waals surface area contributed by atoms with Crippen LogP contribution in [0.4, 0.5) is 0 Å². The van der Waals surface area contributed by atoms with E-state index in [0.29, 0.717) is 29.4 Å². The van der Waals surface area contributed by atoms with E-state index in [-0.39, 0.29) is 5.75 Å². The zero-order valence-electron chi connectivity index (χ0n) is 12.8. The minimum absolute atomic E-state index is 0.135. The molecule has 118 valence electrons. The largest absolute Gasteiger partial charge is 0.506 e. The summed E-state index contributed by atoms with van der Waals surface area (Å²) >= 11 is 0. The quantitative estimate of drug-likeness (QED) is 0.830. The highest BCUT2D eigenvalue weighted by molar-refractivity contribution is 5.51. The van der Waals surface area contributed by atoms with Gasteiger partial charge in [0.1, 0.15) is 28.6 Å². The Kier molecular flexibility index (Phi) is 5.00. The minimum atomic E-state index is -0.454. The van der Waals surface area contributed by atoms with E-state index < -0.39 is 5.56 Å². The molecule has 0 saturated heterocycles. The number of aromatic nitrogens is 2. The van der Waals surface area contributed by atoms with Crippen LogP contribution in [0.1, 0.15) is 12.6 Å². The molecule has 22 heavy (non-hydrogen) atoms. The molecule has 0 amide bonds. The van der Waals surface area contributed by atoms with E-state index in [2.05, 4.69) is 10.4 Å². The van der Waals surface area contributed by atoms with E-state index >= 15 is 0 Å². The number of aromatic hydroxyl groups is 1. The highest BCUT2D eigenvalue weighted by atomic mass is 16.5. The molecule has 0 aliphatic rings. The zero-order valence-corrected chi connectivity index (χ0v) is 12.8. The molecular formula is C15H19N3O4. The summed E-state index contributed by atoms with van der Waals surface area (Å²) in [6.07, 6.45) is 0. The Bertz CT molecular complexity index is 712. The van der Waals surface area contributed by atoms with Gasteiger partial charge in [-0.05, 0) is 18.7 Å². The van der Waals surface area contributed by atoms with Crippen LogP contribution >= 0.6 is 0 Å². The molecule has 1 aromatic carbocycles. The summed E-state index contributed by atoms with van der Waals surface area (Å²) in [7, 11) is 3.05. The maximum absolute atomic E-state index is 12.2. The number of hydrogen-bond donors (Lipinski definition) is 2. The maximum atomic E-state index is 12.2. The SMILES string of the molecule is CCNCc1nn(-c2cc(OC)ccc2OC)c(=O)cc1O. The zero-order chi connectivity index (χ0) is 16.1. The third-order valence-corrected chi connectivity index (χ3v) is 3.14. The molecule has 0 spiro atoms. The first-order valence-corrected chi connectivity index (χ1v) is 6.86. The van der Waals surface area contributed by atoms with Gasteiger partial charge in [-0.25, -0.2) is 0 Å². The van der Waals surface area contributed by atoms with Gasteiger partial charge in [0.25, 0.3) is 5.56 Å². The molecule has 7 heteroatoms. The predicted molar refractivity (Wildman–Crippen MR) is 82.0 cm³/mol. The van der Waals surface area contributed by atoms with Gasteiger partial charge in [0, 0.05) is 18.7 Å². The number of benzene rings is 1. The van der Waals surface area contributed by atoms with Crippen molar-refractivity contribution in [2.24, 2.45) is 0 Å². The van der Waals surface area contributed by atoms with Gasteiger partial charge in [0.05, 0.1) is 14.2 Å². The van der Waals surface area contributed by atoms with Crippen LogP contribution < -0.4 is 20.3 Å². The lowest BCUT2D eigenvalue weighted by molar-refractivity contribution is 0.399. The highest BCUT2D eigenvalue weighted by Crippen LogP contribution is 2.26. The monoisotopic (exact) mass is 305 g/mol. The number of nitrogens with zero attached hydrogens (tertiary/aromatic N) is 2. The van der Waals surface area contributed by atoms with E-state index in [1.807, 2.05) is 6.92 Å². The van der Waals surface area contributed by atoms with Crippen LogP contribution in [-0.4, -0.2) is 35.7 Å². The molecular weight excluding hydrogens is 286 g/mol. The maximum Gasteiger partial charge on any atom is 0.275 e. The molecule has 0 aliphatic carbocycles. The summed E-state index contributed by atoms with van der Waals surface area (Å²) in [4.78, 5) is 12.2. The topological polar surface area (TPSA) is 85.6 Å². The molecule has 0 aliphatic heterocycles. The van der Waals surface area contributed by atoms with Crippen molar-refractivity contribution < 1.29 is 14.6 Å². The van der Waals surface area contributed by atoms with Crippen LogP contribution in [0.2, 0.25) is 0 Å². The van der Waals surface area contributed by atoms with Crippen LogP contribution in [0.15, 0.2) is 29.1 Å². The fourth-order valence-corrected chi connectivity index (χ4v) is 1.99. The Balaban J connectivity index is 2.58. The van der Waals surface area contributed by atoms with Gasteiger partial charge in [0.15, 0.2) is 0 Å². The Morgan fingerprint density at radius 1 is 1.27 bits per heavy atom. The first-order chi connectivity index (χ1) is 10.6. The molecule has 0 saturated carbocycles. The molecule has 0 radical (unpaired) electrons. The van der Waals surface area contributed by atoms with Crippen LogP contribution in [0.3, 0.4) is 0 Å². The Morgan fingerprint density at radius 2 is 2.05 bits per heavy atom. The molecule has 2 aromatic rings. The van der Waals surface area contributed by atoms with Crippen molar-refractivity contribution in [1.29, 1.82) is 0 Å². The van der Waals surface area contributed by atoms with Crippen LogP contribution in [0, 0.1) is 0 Å². The molecule has 7 nitrogen and oxygen atoms in total. The van der Waals surface area contributed by atoms with Gasteiger partial charge in [-0.3, -0.25) is 4.79 Å². The average Bonchev–Trinajstić information content (AvgIpc) is 2.53. The van der Waals surface area contributed by atoms with Crippen LogP contribution in [-0.2, 0) is 6.54 Å². The normalized spacial score (nSPS) is 10.5. The fourth-order valence-electron chi connectivity index (χ4n) is 1.99. The van der Waals surface area contributed by atoms with Gasteiger partial charge < -0.3 is 19.9 Å².